The van der Waals surface area contributed by atoms with E-state index in [0.29, 0.717) is 12.2 Å². The summed E-state index contributed by atoms with van der Waals surface area (Å²) in [6, 6.07) is 13.1. The molecular weight excluding hydrogens is 368 g/mol. The third-order valence-electron chi connectivity index (χ3n) is 3.50. The lowest BCUT2D eigenvalue weighted by Crippen LogP contribution is -2.28. The molecule has 3 aromatic rings. The Balaban J connectivity index is 1.45. The van der Waals surface area contributed by atoms with Gasteiger partial charge in [0.2, 0.25) is 0 Å². The number of nitrogens with one attached hydrogen (secondary N) is 2. The largest absolute Gasteiger partial charge is 0.459 e. The molecule has 0 saturated carbocycles. The van der Waals surface area contributed by atoms with Crippen LogP contribution in [0.4, 0.5) is 5.69 Å². The number of hydrogen-bond acceptors (Lipinski definition) is 6. The van der Waals surface area contributed by atoms with Crippen molar-refractivity contribution in [1.82, 2.24) is 5.32 Å². The van der Waals surface area contributed by atoms with E-state index in [1.54, 1.807) is 24.3 Å². The summed E-state index contributed by atoms with van der Waals surface area (Å²) in [5, 5.41) is 7.24. The number of esters is 1. The fraction of sp³-hybridized carbons (Fsp3) is 0.105. The zero-order valence-electron chi connectivity index (χ0n) is 14.1. The van der Waals surface area contributed by atoms with Gasteiger partial charge in [0.25, 0.3) is 11.8 Å². The molecule has 2 aromatic heterocycles. The van der Waals surface area contributed by atoms with Gasteiger partial charge in [0.15, 0.2) is 12.4 Å². The van der Waals surface area contributed by atoms with Gasteiger partial charge in [-0.05, 0) is 47.8 Å². The minimum absolute atomic E-state index is 0.187. The van der Waals surface area contributed by atoms with Crippen LogP contribution in [0, 0.1) is 0 Å². The molecule has 8 heteroatoms. The maximum absolute atomic E-state index is 12.0. The van der Waals surface area contributed by atoms with Crippen molar-refractivity contribution in [3.8, 4) is 0 Å². The molecule has 27 heavy (non-hydrogen) atoms. The zero-order chi connectivity index (χ0) is 19.1. The highest BCUT2D eigenvalue weighted by Gasteiger charge is 2.12. The standard InChI is InChI=1S/C19H16N2O5S/c22-17(20-11-15-3-2-10-27-15)12-26-19(24)13-5-7-14(8-6-13)21-18(23)16-4-1-9-25-16/h1-10H,11-12H2,(H,20,22)(H,21,23). The topological polar surface area (TPSA) is 97.6 Å². The van der Waals surface area contributed by atoms with E-state index in [-0.39, 0.29) is 23.8 Å². The monoisotopic (exact) mass is 384 g/mol. The van der Waals surface area contributed by atoms with Crippen molar-refractivity contribution < 1.29 is 23.5 Å². The smallest absolute Gasteiger partial charge is 0.338 e. The number of hydrogen-bond donors (Lipinski definition) is 2. The summed E-state index contributed by atoms with van der Waals surface area (Å²) in [5.74, 6) is -1.20. The predicted octanol–water partition coefficient (Wildman–Crippen LogP) is 3.07. The molecule has 1 aromatic carbocycles. The average molecular weight is 384 g/mol. The molecule has 0 bridgehead atoms. The molecule has 0 unspecified atom stereocenters. The zero-order valence-corrected chi connectivity index (χ0v) is 15.0. The first-order chi connectivity index (χ1) is 13.1. The number of thiophene rings is 1. The first-order valence-corrected chi connectivity index (χ1v) is 8.91. The van der Waals surface area contributed by atoms with Gasteiger partial charge in [0.05, 0.1) is 18.4 Å². The van der Waals surface area contributed by atoms with Crippen LogP contribution in [0.3, 0.4) is 0 Å². The number of benzene rings is 1. The van der Waals surface area contributed by atoms with Crippen LogP contribution < -0.4 is 10.6 Å². The lowest BCUT2D eigenvalue weighted by molar-refractivity contribution is -0.124. The van der Waals surface area contributed by atoms with Crippen molar-refractivity contribution in [1.29, 1.82) is 0 Å². The molecule has 7 nitrogen and oxygen atoms in total. The van der Waals surface area contributed by atoms with Gasteiger partial charge >= 0.3 is 5.97 Å². The average Bonchev–Trinajstić information content (AvgIpc) is 3.39. The molecule has 0 saturated heterocycles. The Labute approximate surface area is 159 Å². The molecule has 2 N–H and O–H groups in total. The van der Waals surface area contributed by atoms with Crippen molar-refractivity contribution in [2.45, 2.75) is 6.54 Å². The maximum atomic E-state index is 12.0. The second kappa shape index (κ2) is 8.81. The maximum Gasteiger partial charge on any atom is 0.338 e. The normalized spacial score (nSPS) is 10.2. The van der Waals surface area contributed by atoms with Gasteiger partial charge in [-0.2, -0.15) is 0 Å². The Morgan fingerprint density at radius 2 is 1.85 bits per heavy atom. The summed E-state index contributed by atoms with van der Waals surface area (Å²) >= 11 is 1.53. The molecule has 0 spiro atoms. The van der Waals surface area contributed by atoms with Crippen molar-refractivity contribution in [2.24, 2.45) is 0 Å². The van der Waals surface area contributed by atoms with Crippen LogP contribution in [0.25, 0.3) is 0 Å². The molecule has 0 aliphatic carbocycles. The van der Waals surface area contributed by atoms with E-state index in [2.05, 4.69) is 10.6 Å². The van der Waals surface area contributed by atoms with E-state index >= 15 is 0 Å². The Bertz CT molecular complexity index is 902. The van der Waals surface area contributed by atoms with Gasteiger partial charge in [0, 0.05) is 10.6 Å². The third-order valence-corrected chi connectivity index (χ3v) is 4.37. The highest BCUT2D eigenvalue weighted by Crippen LogP contribution is 2.13. The molecule has 2 amide bonds. The number of ether oxygens (including phenoxy) is 1. The second-order valence-electron chi connectivity index (χ2n) is 5.44. The SMILES string of the molecule is O=C(COC(=O)c1ccc(NC(=O)c2ccco2)cc1)NCc1cccs1. The quantitative estimate of drug-likeness (QED) is 0.610. The first-order valence-electron chi connectivity index (χ1n) is 8.03. The Hall–Kier alpha value is -3.39. The number of carbonyl (C=O) groups excluding carboxylic acids is 3. The fourth-order valence-electron chi connectivity index (χ4n) is 2.15. The van der Waals surface area contributed by atoms with Crippen LogP contribution >= 0.6 is 11.3 Å². The molecule has 0 aliphatic heterocycles. The Morgan fingerprint density at radius 3 is 2.52 bits per heavy atom. The second-order valence-corrected chi connectivity index (χ2v) is 6.47. The first kappa shape index (κ1) is 18.4. The Morgan fingerprint density at radius 1 is 1.04 bits per heavy atom. The lowest BCUT2D eigenvalue weighted by Gasteiger charge is -2.07. The van der Waals surface area contributed by atoms with E-state index in [9.17, 15) is 14.4 Å². The van der Waals surface area contributed by atoms with Gasteiger partial charge in [-0.1, -0.05) is 6.07 Å². The van der Waals surface area contributed by atoms with Crippen molar-refractivity contribution in [2.75, 3.05) is 11.9 Å². The van der Waals surface area contributed by atoms with E-state index in [1.807, 2.05) is 17.5 Å². The minimum Gasteiger partial charge on any atom is -0.459 e. The number of anilines is 1. The highest BCUT2D eigenvalue weighted by molar-refractivity contribution is 7.09. The van der Waals surface area contributed by atoms with E-state index in [0.717, 1.165) is 4.88 Å². The van der Waals surface area contributed by atoms with Crippen LogP contribution in [-0.4, -0.2) is 24.4 Å². The van der Waals surface area contributed by atoms with Gasteiger partial charge in [-0.25, -0.2) is 4.79 Å². The molecule has 0 fully saturated rings. The molecular formula is C19H16N2O5S. The summed E-state index contributed by atoms with van der Waals surface area (Å²) in [7, 11) is 0. The van der Waals surface area contributed by atoms with Gasteiger partial charge in [-0.3, -0.25) is 9.59 Å². The third kappa shape index (κ3) is 5.29. The van der Waals surface area contributed by atoms with Gasteiger partial charge in [-0.15, -0.1) is 11.3 Å². The van der Waals surface area contributed by atoms with E-state index in [1.165, 1.54) is 29.7 Å². The minimum atomic E-state index is -0.620. The predicted molar refractivity (Wildman–Crippen MR) is 99.6 cm³/mol. The van der Waals surface area contributed by atoms with Crippen LogP contribution in [0.2, 0.25) is 0 Å². The van der Waals surface area contributed by atoms with Gasteiger partial charge in [0.1, 0.15) is 0 Å². The fourth-order valence-corrected chi connectivity index (χ4v) is 2.80. The number of carbonyl (C=O) groups is 3. The molecule has 0 radical (unpaired) electrons. The number of rotatable bonds is 7. The summed E-state index contributed by atoms with van der Waals surface area (Å²) in [5.41, 5.74) is 0.777. The molecule has 3 rings (SSSR count). The van der Waals surface area contributed by atoms with Crippen molar-refractivity contribution in [3.63, 3.8) is 0 Å². The molecule has 0 aliphatic rings. The van der Waals surface area contributed by atoms with Crippen LogP contribution in [-0.2, 0) is 16.1 Å². The van der Waals surface area contributed by atoms with E-state index in [4.69, 9.17) is 9.15 Å². The van der Waals surface area contributed by atoms with Crippen LogP contribution in [0.5, 0.6) is 0 Å². The highest BCUT2D eigenvalue weighted by atomic mass is 32.1. The summed E-state index contributed by atoms with van der Waals surface area (Å²) in [4.78, 5) is 36.6. The number of furan rings is 1. The molecule has 2 heterocycles. The summed E-state index contributed by atoms with van der Waals surface area (Å²) in [6.07, 6.45) is 1.41. The van der Waals surface area contributed by atoms with Crippen LogP contribution in [0.1, 0.15) is 25.8 Å². The summed E-state index contributed by atoms with van der Waals surface area (Å²) < 4.78 is 9.99. The Kier molecular flexibility index (Phi) is 6.01. The van der Waals surface area contributed by atoms with Crippen molar-refractivity contribution in [3.05, 3.63) is 76.4 Å². The van der Waals surface area contributed by atoms with E-state index < -0.39 is 11.9 Å². The lowest BCUT2D eigenvalue weighted by atomic mass is 10.2. The van der Waals surface area contributed by atoms with Crippen molar-refractivity contribution >= 4 is 34.8 Å². The number of amides is 2. The molecule has 138 valence electrons. The van der Waals surface area contributed by atoms with Crippen LogP contribution in [0.15, 0.2) is 64.6 Å². The van der Waals surface area contributed by atoms with Gasteiger partial charge < -0.3 is 19.8 Å². The summed E-state index contributed by atoms with van der Waals surface area (Å²) in [6.45, 7) is 0.0410. The molecule has 0 atom stereocenters.